The molecular formula is C15H13BrF3N7O2S. The van der Waals surface area contributed by atoms with Crippen molar-refractivity contribution in [3.8, 4) is 11.4 Å². The molecule has 0 aromatic carbocycles. The first kappa shape index (κ1) is 19.8. The molecule has 0 radical (unpaired) electrons. The Labute approximate surface area is 174 Å². The lowest BCUT2D eigenvalue weighted by molar-refractivity contribution is -0.155. The lowest BCUT2D eigenvalue weighted by Gasteiger charge is -2.35. The molecule has 0 spiro atoms. The van der Waals surface area contributed by atoms with E-state index in [0.29, 0.717) is 20.9 Å². The molecule has 2 amide bonds. The monoisotopic (exact) mass is 491 g/mol. The van der Waals surface area contributed by atoms with Gasteiger partial charge in [-0.15, -0.1) is 11.3 Å². The molecule has 0 aliphatic carbocycles. The van der Waals surface area contributed by atoms with Crippen molar-refractivity contribution in [1.29, 1.82) is 0 Å². The minimum absolute atomic E-state index is 0.374. The summed E-state index contributed by atoms with van der Waals surface area (Å²) in [4.78, 5) is 30.0. The van der Waals surface area contributed by atoms with E-state index in [1.807, 2.05) is 0 Å². The number of hydrogen-bond donors (Lipinski definition) is 3. The Bertz CT molecular complexity index is 962. The molecule has 0 bridgehead atoms. The van der Waals surface area contributed by atoms with E-state index in [-0.39, 0.29) is 6.42 Å². The van der Waals surface area contributed by atoms with Gasteiger partial charge in [0.25, 0.3) is 0 Å². The minimum Gasteiger partial charge on any atom is -0.316 e. The molecule has 2 atom stereocenters. The Balaban J connectivity index is 1.49. The lowest BCUT2D eigenvalue weighted by Crippen LogP contribution is -2.53. The van der Waals surface area contributed by atoms with Gasteiger partial charge in [-0.25, -0.2) is 10.4 Å². The maximum atomic E-state index is 13.0. The van der Waals surface area contributed by atoms with E-state index in [0.717, 1.165) is 11.0 Å². The molecule has 1 saturated heterocycles. The second kappa shape index (κ2) is 7.42. The molecule has 2 unspecified atom stereocenters. The maximum absolute atomic E-state index is 13.0. The molecule has 2 aliphatic heterocycles. The smallest absolute Gasteiger partial charge is 0.316 e. The Morgan fingerprint density at radius 3 is 2.93 bits per heavy atom. The van der Waals surface area contributed by atoms with Crippen LogP contribution in [0.2, 0.25) is 0 Å². The van der Waals surface area contributed by atoms with Crippen molar-refractivity contribution in [3.63, 3.8) is 0 Å². The number of rotatable bonds is 4. The van der Waals surface area contributed by atoms with Crippen molar-refractivity contribution < 1.29 is 22.8 Å². The number of aromatic amines is 1. The van der Waals surface area contributed by atoms with E-state index in [1.165, 1.54) is 28.9 Å². The van der Waals surface area contributed by atoms with E-state index in [1.54, 1.807) is 5.38 Å². The van der Waals surface area contributed by atoms with E-state index >= 15 is 0 Å². The predicted octanol–water partition coefficient (Wildman–Crippen LogP) is 2.06. The standard InChI is InChI=1S/C15H13BrF3N7O2S/c16-7-5-29-14(12(7)13-20-6-21-23-13)22-9(27)4-25-10-3-8(15(17,18)19)24-26(10)2-1-11(25)28/h1-2,5-6,8,10,24H,3-4H2,(H,22,27)(H,20,21,23). The zero-order chi connectivity index (χ0) is 20.8. The first-order valence-electron chi connectivity index (χ1n) is 8.26. The van der Waals surface area contributed by atoms with Crippen LogP contribution in [0.3, 0.4) is 0 Å². The molecule has 4 rings (SSSR count). The van der Waals surface area contributed by atoms with Gasteiger partial charge in [-0.3, -0.25) is 19.7 Å². The minimum atomic E-state index is -4.46. The van der Waals surface area contributed by atoms with Gasteiger partial charge in [0.05, 0.1) is 5.56 Å². The number of thiophene rings is 1. The largest absolute Gasteiger partial charge is 0.405 e. The predicted molar refractivity (Wildman–Crippen MR) is 100 cm³/mol. The van der Waals surface area contributed by atoms with Gasteiger partial charge in [0.2, 0.25) is 11.8 Å². The van der Waals surface area contributed by atoms with Crippen LogP contribution in [-0.4, -0.2) is 61.8 Å². The van der Waals surface area contributed by atoms with Crippen molar-refractivity contribution in [2.24, 2.45) is 0 Å². The Hall–Kier alpha value is -2.45. The number of carbonyl (C=O) groups excluding carboxylic acids is 2. The van der Waals surface area contributed by atoms with Crippen LogP contribution < -0.4 is 10.7 Å². The highest BCUT2D eigenvalue weighted by Gasteiger charge is 2.50. The van der Waals surface area contributed by atoms with Gasteiger partial charge in [-0.2, -0.15) is 18.3 Å². The number of hydrazine groups is 1. The summed E-state index contributed by atoms with van der Waals surface area (Å²) < 4.78 is 39.8. The zero-order valence-electron chi connectivity index (χ0n) is 14.4. The van der Waals surface area contributed by atoms with Crippen LogP contribution in [0.25, 0.3) is 11.4 Å². The van der Waals surface area contributed by atoms with Gasteiger partial charge in [0, 0.05) is 28.5 Å². The van der Waals surface area contributed by atoms with Crippen LogP contribution in [-0.2, 0) is 9.59 Å². The van der Waals surface area contributed by atoms with Crippen molar-refractivity contribution in [3.05, 3.63) is 28.5 Å². The van der Waals surface area contributed by atoms with Gasteiger partial charge >= 0.3 is 6.18 Å². The second-order valence-corrected chi connectivity index (χ2v) is 8.03. The summed E-state index contributed by atoms with van der Waals surface area (Å²) in [5.41, 5.74) is 2.90. The van der Waals surface area contributed by atoms with Crippen LogP contribution in [0.4, 0.5) is 18.2 Å². The number of alkyl halides is 3. The highest BCUT2D eigenvalue weighted by molar-refractivity contribution is 9.10. The van der Waals surface area contributed by atoms with Gasteiger partial charge in [-0.05, 0) is 15.9 Å². The van der Waals surface area contributed by atoms with Crippen LogP contribution >= 0.6 is 27.3 Å². The van der Waals surface area contributed by atoms with E-state index in [4.69, 9.17) is 0 Å². The summed E-state index contributed by atoms with van der Waals surface area (Å²) in [5, 5.41) is 12.6. The molecular weight excluding hydrogens is 479 g/mol. The highest BCUT2D eigenvalue weighted by atomic mass is 79.9. The van der Waals surface area contributed by atoms with E-state index in [9.17, 15) is 22.8 Å². The quantitative estimate of drug-likeness (QED) is 0.604. The third-order valence-corrected chi connectivity index (χ3v) is 6.28. The van der Waals surface area contributed by atoms with Gasteiger partial charge in [0.15, 0.2) is 5.82 Å². The van der Waals surface area contributed by atoms with Gasteiger partial charge in [0.1, 0.15) is 30.1 Å². The fourth-order valence-corrected chi connectivity index (χ4v) is 4.77. The molecule has 4 heterocycles. The molecule has 1 fully saturated rings. The molecule has 3 N–H and O–H groups in total. The Kier molecular flexibility index (Phi) is 5.08. The number of nitrogens with zero attached hydrogens (tertiary/aromatic N) is 4. The highest BCUT2D eigenvalue weighted by Crippen LogP contribution is 2.39. The molecule has 2 aromatic rings. The average molecular weight is 492 g/mol. The number of H-pyrrole nitrogens is 1. The van der Waals surface area contributed by atoms with Crippen LogP contribution in [0.1, 0.15) is 6.42 Å². The number of anilines is 1. The fraction of sp³-hybridized carbons (Fsp3) is 0.333. The summed E-state index contributed by atoms with van der Waals surface area (Å²) in [6.45, 7) is -0.401. The van der Waals surface area contributed by atoms with Crippen LogP contribution in [0, 0.1) is 0 Å². The number of halogens is 4. The topological polar surface area (TPSA) is 106 Å². The molecule has 29 heavy (non-hydrogen) atoms. The van der Waals surface area contributed by atoms with E-state index in [2.05, 4.69) is 41.9 Å². The third-order valence-electron chi connectivity index (χ3n) is 4.45. The molecule has 154 valence electrons. The molecule has 9 nitrogen and oxygen atoms in total. The fourth-order valence-electron chi connectivity index (χ4n) is 3.14. The SMILES string of the molecule is O=C(CN1C(=O)C=CN2NC(C(F)(F)F)CC21)Nc1scc(Br)c1-c1ncn[nH]1. The summed E-state index contributed by atoms with van der Waals surface area (Å²) in [6.07, 6.45) is -2.04. The number of carbonyl (C=O) groups is 2. The van der Waals surface area contributed by atoms with Crippen LogP contribution in [0.15, 0.2) is 28.5 Å². The summed E-state index contributed by atoms with van der Waals surface area (Å²) in [6, 6.07) is -1.79. The first-order valence-corrected chi connectivity index (χ1v) is 9.94. The molecule has 2 aliphatic rings. The van der Waals surface area contributed by atoms with Gasteiger partial charge in [-0.1, -0.05) is 0 Å². The maximum Gasteiger partial charge on any atom is 0.405 e. The summed E-state index contributed by atoms with van der Waals surface area (Å²) >= 11 is 4.61. The zero-order valence-corrected chi connectivity index (χ0v) is 16.8. The first-order chi connectivity index (χ1) is 13.7. The number of fused-ring (bicyclic) bond motifs is 1. The molecule has 14 heteroatoms. The normalized spacial score (nSPS) is 21.6. The Morgan fingerprint density at radius 1 is 1.45 bits per heavy atom. The molecule has 2 aromatic heterocycles. The average Bonchev–Trinajstić information content (AvgIpc) is 3.36. The molecule has 0 saturated carbocycles. The third kappa shape index (κ3) is 3.86. The number of aromatic nitrogens is 3. The van der Waals surface area contributed by atoms with Crippen LogP contribution in [0.5, 0.6) is 0 Å². The van der Waals surface area contributed by atoms with E-state index < -0.39 is 36.7 Å². The number of hydrogen-bond acceptors (Lipinski definition) is 7. The Morgan fingerprint density at radius 2 is 2.24 bits per heavy atom. The van der Waals surface area contributed by atoms with Gasteiger partial charge < -0.3 is 10.2 Å². The number of amides is 2. The van der Waals surface area contributed by atoms with Crippen molar-refractivity contribution in [2.45, 2.75) is 24.8 Å². The van der Waals surface area contributed by atoms with Crippen molar-refractivity contribution in [2.75, 3.05) is 11.9 Å². The van der Waals surface area contributed by atoms with Crippen molar-refractivity contribution >= 4 is 44.1 Å². The number of nitrogens with one attached hydrogen (secondary N) is 3. The summed E-state index contributed by atoms with van der Waals surface area (Å²) in [5.74, 6) is -0.641. The lowest BCUT2D eigenvalue weighted by atomic mass is 10.1. The van der Waals surface area contributed by atoms with Crippen molar-refractivity contribution in [1.82, 2.24) is 30.5 Å². The summed E-state index contributed by atoms with van der Waals surface area (Å²) in [7, 11) is 0. The second-order valence-electron chi connectivity index (χ2n) is 6.30.